The van der Waals surface area contributed by atoms with E-state index >= 15 is 0 Å². The maximum Gasteiger partial charge on any atom is 0.213 e. The van der Waals surface area contributed by atoms with E-state index in [0.717, 1.165) is 11.3 Å². The minimum atomic E-state index is -0.514. The molecule has 21 heavy (non-hydrogen) atoms. The SMILES string of the molecule is COc1ccccc1Cn1ccnc1-c1cccc(F)n1. The maximum atomic E-state index is 13.3. The standard InChI is InChI=1S/C16H14FN3O/c1-21-14-7-3-2-5-12(14)11-20-10-9-18-16(20)13-6-4-8-15(17)19-13/h2-10H,11H2,1H3. The molecule has 0 radical (unpaired) electrons. The average molecular weight is 283 g/mol. The first kappa shape index (κ1) is 13.3. The maximum absolute atomic E-state index is 13.3. The van der Waals surface area contributed by atoms with Crippen molar-refractivity contribution in [1.82, 2.24) is 14.5 Å². The highest BCUT2D eigenvalue weighted by atomic mass is 19.1. The summed E-state index contributed by atoms with van der Waals surface area (Å²) in [6, 6.07) is 12.5. The van der Waals surface area contributed by atoms with Crippen LogP contribution in [0.3, 0.4) is 0 Å². The zero-order chi connectivity index (χ0) is 14.7. The van der Waals surface area contributed by atoms with Gasteiger partial charge in [0.2, 0.25) is 5.95 Å². The van der Waals surface area contributed by atoms with Crippen LogP contribution in [0.1, 0.15) is 5.56 Å². The van der Waals surface area contributed by atoms with Gasteiger partial charge < -0.3 is 9.30 Å². The van der Waals surface area contributed by atoms with Crippen molar-refractivity contribution in [3.8, 4) is 17.3 Å². The van der Waals surface area contributed by atoms with E-state index in [1.54, 1.807) is 25.4 Å². The zero-order valence-corrected chi connectivity index (χ0v) is 11.5. The van der Waals surface area contributed by atoms with Crippen LogP contribution in [0.5, 0.6) is 5.75 Å². The second-order valence-corrected chi connectivity index (χ2v) is 4.54. The Morgan fingerprint density at radius 3 is 2.81 bits per heavy atom. The van der Waals surface area contributed by atoms with Gasteiger partial charge in [0.1, 0.15) is 11.4 Å². The van der Waals surface area contributed by atoms with Crippen molar-refractivity contribution in [3.63, 3.8) is 0 Å². The number of halogens is 1. The third kappa shape index (κ3) is 2.76. The van der Waals surface area contributed by atoms with Gasteiger partial charge in [-0.2, -0.15) is 4.39 Å². The number of hydrogen-bond donors (Lipinski definition) is 0. The van der Waals surface area contributed by atoms with E-state index in [1.165, 1.54) is 6.07 Å². The number of pyridine rings is 1. The second-order valence-electron chi connectivity index (χ2n) is 4.54. The summed E-state index contributed by atoms with van der Waals surface area (Å²) in [7, 11) is 1.64. The molecule has 0 aliphatic carbocycles. The monoisotopic (exact) mass is 283 g/mol. The summed E-state index contributed by atoms with van der Waals surface area (Å²) in [5.74, 6) is 0.920. The largest absolute Gasteiger partial charge is 0.496 e. The molecule has 0 aliphatic heterocycles. The predicted molar refractivity (Wildman–Crippen MR) is 77.5 cm³/mol. The minimum absolute atomic E-state index is 0.509. The van der Waals surface area contributed by atoms with Crippen molar-refractivity contribution in [2.75, 3.05) is 7.11 Å². The molecule has 0 amide bonds. The number of para-hydroxylation sites is 1. The summed E-state index contributed by atoms with van der Waals surface area (Å²) in [4.78, 5) is 8.15. The Morgan fingerprint density at radius 2 is 2.00 bits per heavy atom. The van der Waals surface area contributed by atoms with E-state index < -0.39 is 5.95 Å². The van der Waals surface area contributed by atoms with Crippen LogP contribution in [0.4, 0.5) is 4.39 Å². The van der Waals surface area contributed by atoms with Crippen molar-refractivity contribution in [1.29, 1.82) is 0 Å². The number of hydrogen-bond acceptors (Lipinski definition) is 3. The Morgan fingerprint density at radius 1 is 1.14 bits per heavy atom. The Labute approximate surface area is 121 Å². The number of rotatable bonds is 4. The quantitative estimate of drug-likeness (QED) is 0.691. The van der Waals surface area contributed by atoms with Gasteiger partial charge in [-0.15, -0.1) is 0 Å². The lowest BCUT2D eigenvalue weighted by molar-refractivity contribution is 0.408. The molecule has 5 heteroatoms. The summed E-state index contributed by atoms with van der Waals surface area (Å²) in [5, 5.41) is 0. The molecule has 2 heterocycles. The predicted octanol–water partition coefficient (Wildman–Crippen LogP) is 3.14. The van der Waals surface area contributed by atoms with Gasteiger partial charge in [-0.05, 0) is 18.2 Å². The molecule has 0 saturated carbocycles. The highest BCUT2D eigenvalue weighted by Crippen LogP contribution is 2.21. The molecule has 106 valence electrons. The lowest BCUT2D eigenvalue weighted by Gasteiger charge is -2.11. The van der Waals surface area contributed by atoms with Gasteiger partial charge in [0, 0.05) is 18.0 Å². The van der Waals surface area contributed by atoms with Crippen LogP contribution in [0.2, 0.25) is 0 Å². The van der Waals surface area contributed by atoms with Crippen LogP contribution in [0.25, 0.3) is 11.5 Å². The molecule has 0 saturated heterocycles. The first-order chi connectivity index (χ1) is 10.3. The van der Waals surface area contributed by atoms with Gasteiger partial charge in [0.25, 0.3) is 0 Å². The first-order valence-electron chi connectivity index (χ1n) is 6.54. The van der Waals surface area contributed by atoms with E-state index in [0.29, 0.717) is 18.1 Å². The molecule has 3 rings (SSSR count). The van der Waals surface area contributed by atoms with E-state index in [1.807, 2.05) is 35.0 Å². The third-order valence-corrected chi connectivity index (χ3v) is 3.19. The van der Waals surface area contributed by atoms with E-state index in [-0.39, 0.29) is 0 Å². The number of nitrogens with zero attached hydrogens (tertiary/aromatic N) is 3. The molecule has 2 aromatic heterocycles. The van der Waals surface area contributed by atoms with Gasteiger partial charge in [-0.25, -0.2) is 9.97 Å². The lowest BCUT2D eigenvalue weighted by Crippen LogP contribution is -2.04. The molecule has 0 N–H and O–H groups in total. The summed E-state index contributed by atoms with van der Waals surface area (Å²) in [6.45, 7) is 0.581. The van der Waals surface area contributed by atoms with Gasteiger partial charge in [-0.1, -0.05) is 24.3 Å². The molecular weight excluding hydrogens is 269 g/mol. The molecule has 0 fully saturated rings. The highest BCUT2D eigenvalue weighted by molar-refractivity contribution is 5.50. The Bertz CT molecular complexity index is 755. The fraction of sp³-hybridized carbons (Fsp3) is 0.125. The number of aromatic nitrogens is 3. The van der Waals surface area contributed by atoms with E-state index in [2.05, 4.69) is 9.97 Å². The third-order valence-electron chi connectivity index (χ3n) is 3.19. The van der Waals surface area contributed by atoms with Crippen LogP contribution in [0, 0.1) is 5.95 Å². The molecule has 3 aromatic rings. The Kier molecular flexibility index (Phi) is 3.64. The van der Waals surface area contributed by atoms with Crippen molar-refractivity contribution in [3.05, 3.63) is 66.4 Å². The summed E-state index contributed by atoms with van der Waals surface area (Å²) in [5.41, 5.74) is 1.53. The van der Waals surface area contributed by atoms with Crippen LogP contribution in [-0.2, 0) is 6.54 Å². The molecule has 0 bridgehead atoms. The van der Waals surface area contributed by atoms with Crippen molar-refractivity contribution < 1.29 is 9.13 Å². The van der Waals surface area contributed by atoms with Crippen molar-refractivity contribution in [2.45, 2.75) is 6.54 Å². The van der Waals surface area contributed by atoms with E-state index in [4.69, 9.17) is 4.74 Å². The second kappa shape index (κ2) is 5.75. The van der Waals surface area contributed by atoms with Gasteiger partial charge in [0.15, 0.2) is 5.82 Å². The van der Waals surface area contributed by atoms with Gasteiger partial charge >= 0.3 is 0 Å². The molecule has 0 atom stereocenters. The molecular formula is C16H14FN3O. The van der Waals surface area contributed by atoms with Crippen molar-refractivity contribution >= 4 is 0 Å². The molecule has 1 aromatic carbocycles. The van der Waals surface area contributed by atoms with E-state index in [9.17, 15) is 4.39 Å². The fourth-order valence-corrected chi connectivity index (χ4v) is 2.22. The van der Waals surface area contributed by atoms with Crippen LogP contribution >= 0.6 is 0 Å². The summed E-state index contributed by atoms with van der Waals surface area (Å²) < 4.78 is 20.5. The topological polar surface area (TPSA) is 39.9 Å². The summed E-state index contributed by atoms with van der Waals surface area (Å²) in [6.07, 6.45) is 3.52. The first-order valence-corrected chi connectivity index (χ1v) is 6.54. The highest BCUT2D eigenvalue weighted by Gasteiger charge is 2.10. The van der Waals surface area contributed by atoms with Crippen molar-refractivity contribution in [2.24, 2.45) is 0 Å². The number of imidazole rings is 1. The summed E-state index contributed by atoms with van der Waals surface area (Å²) >= 11 is 0. The number of methoxy groups -OCH3 is 1. The Hall–Kier alpha value is -2.69. The molecule has 4 nitrogen and oxygen atoms in total. The van der Waals surface area contributed by atoms with Gasteiger partial charge in [-0.3, -0.25) is 0 Å². The molecule has 0 unspecified atom stereocenters. The van der Waals surface area contributed by atoms with Crippen LogP contribution in [0.15, 0.2) is 54.9 Å². The number of benzene rings is 1. The zero-order valence-electron chi connectivity index (χ0n) is 11.5. The fourth-order valence-electron chi connectivity index (χ4n) is 2.22. The molecule has 0 spiro atoms. The lowest BCUT2D eigenvalue weighted by atomic mass is 10.2. The smallest absolute Gasteiger partial charge is 0.213 e. The normalized spacial score (nSPS) is 10.6. The molecule has 0 aliphatic rings. The van der Waals surface area contributed by atoms with Gasteiger partial charge in [0.05, 0.1) is 13.7 Å². The number of ether oxygens (including phenoxy) is 1. The average Bonchev–Trinajstić information content (AvgIpc) is 2.96. The van der Waals surface area contributed by atoms with Crippen LogP contribution in [-0.4, -0.2) is 21.6 Å². The minimum Gasteiger partial charge on any atom is -0.496 e. The Balaban J connectivity index is 1.96. The van der Waals surface area contributed by atoms with Crippen LogP contribution < -0.4 is 4.74 Å².